The predicted octanol–water partition coefficient (Wildman–Crippen LogP) is 1.30. The zero-order chi connectivity index (χ0) is 17.7. The van der Waals surface area contributed by atoms with Crippen LogP contribution < -0.4 is 15.8 Å². The third kappa shape index (κ3) is 4.03. The monoisotopic (exact) mass is 350 g/mol. The van der Waals surface area contributed by atoms with Gasteiger partial charge in [-0.1, -0.05) is 6.07 Å². The second-order valence-electron chi connectivity index (χ2n) is 4.98. The second-order valence-corrected chi connectivity index (χ2v) is 7.09. The highest BCUT2D eigenvalue weighted by Crippen LogP contribution is 2.28. The van der Waals surface area contributed by atoms with E-state index in [1.165, 1.54) is 31.4 Å². The lowest BCUT2D eigenvalue weighted by Crippen LogP contribution is -2.14. The fourth-order valence-corrected chi connectivity index (χ4v) is 3.14. The van der Waals surface area contributed by atoms with Crippen LogP contribution in [-0.2, 0) is 9.84 Å². The van der Waals surface area contributed by atoms with E-state index < -0.39 is 28.1 Å². The minimum absolute atomic E-state index is 0.0137. The quantitative estimate of drug-likeness (QED) is 0.676. The molecule has 0 radical (unpaired) electrons. The highest BCUT2D eigenvalue weighted by atomic mass is 32.2. The maximum atomic E-state index is 12.3. The van der Waals surface area contributed by atoms with E-state index in [2.05, 4.69) is 5.32 Å². The van der Waals surface area contributed by atoms with E-state index in [9.17, 15) is 13.2 Å². The molecule has 0 saturated heterocycles. The number of anilines is 2. The summed E-state index contributed by atoms with van der Waals surface area (Å²) >= 11 is 0. The van der Waals surface area contributed by atoms with Gasteiger partial charge in [-0.2, -0.15) is 0 Å². The van der Waals surface area contributed by atoms with Gasteiger partial charge in [-0.3, -0.25) is 4.79 Å². The van der Waals surface area contributed by atoms with Gasteiger partial charge in [0.1, 0.15) is 5.75 Å². The Balaban J connectivity index is 2.36. The van der Waals surface area contributed by atoms with Crippen molar-refractivity contribution in [1.29, 1.82) is 0 Å². The normalized spacial score (nSPS) is 11.1. The van der Waals surface area contributed by atoms with Gasteiger partial charge in [0, 0.05) is 11.3 Å². The Hall–Kier alpha value is -2.58. The lowest BCUT2D eigenvalue weighted by molar-refractivity contribution is 0.102. The number of carbonyl (C=O) groups excluding carboxylic acids is 1. The summed E-state index contributed by atoms with van der Waals surface area (Å²) in [6.07, 6.45) is 0. The number of ether oxygens (including phenoxy) is 1. The highest BCUT2D eigenvalue weighted by molar-refractivity contribution is 7.91. The zero-order valence-corrected chi connectivity index (χ0v) is 13.8. The fraction of sp³-hybridized carbons (Fsp3) is 0.188. The molecule has 8 heteroatoms. The van der Waals surface area contributed by atoms with Crippen LogP contribution in [0.15, 0.2) is 47.4 Å². The predicted molar refractivity (Wildman–Crippen MR) is 90.9 cm³/mol. The van der Waals surface area contributed by atoms with Gasteiger partial charge in [0.05, 0.1) is 30.1 Å². The molecule has 4 N–H and O–H groups in total. The van der Waals surface area contributed by atoms with Crippen molar-refractivity contribution in [3.63, 3.8) is 0 Å². The summed E-state index contributed by atoms with van der Waals surface area (Å²) in [5.41, 5.74) is 6.64. The molecule has 24 heavy (non-hydrogen) atoms. The van der Waals surface area contributed by atoms with Crippen LogP contribution in [0.3, 0.4) is 0 Å². The van der Waals surface area contributed by atoms with Gasteiger partial charge in [-0.15, -0.1) is 0 Å². The molecule has 0 heterocycles. The van der Waals surface area contributed by atoms with Gasteiger partial charge in [-0.05, 0) is 36.4 Å². The van der Waals surface area contributed by atoms with Gasteiger partial charge in [0.25, 0.3) is 5.91 Å². The largest absolute Gasteiger partial charge is 0.495 e. The van der Waals surface area contributed by atoms with Gasteiger partial charge in [-0.25, -0.2) is 8.42 Å². The van der Waals surface area contributed by atoms with Gasteiger partial charge in [0.15, 0.2) is 9.84 Å². The molecule has 0 aromatic heterocycles. The molecule has 0 spiro atoms. The van der Waals surface area contributed by atoms with Crippen molar-refractivity contribution in [3.8, 4) is 5.75 Å². The number of hydrogen-bond acceptors (Lipinski definition) is 6. The van der Waals surface area contributed by atoms with Crippen LogP contribution in [0.2, 0.25) is 0 Å². The van der Waals surface area contributed by atoms with Crippen LogP contribution >= 0.6 is 0 Å². The maximum absolute atomic E-state index is 12.3. The Morgan fingerprint density at radius 1 is 1.25 bits per heavy atom. The Morgan fingerprint density at radius 2 is 2.00 bits per heavy atom. The second kappa shape index (κ2) is 7.33. The molecule has 0 bridgehead atoms. The molecule has 0 aliphatic carbocycles. The smallest absolute Gasteiger partial charge is 0.255 e. The number of carbonyl (C=O) groups is 1. The first-order valence-corrected chi connectivity index (χ1v) is 8.71. The zero-order valence-electron chi connectivity index (χ0n) is 13.0. The first-order valence-electron chi connectivity index (χ1n) is 7.06. The van der Waals surface area contributed by atoms with E-state index in [-0.39, 0.29) is 10.6 Å². The Bertz CT molecular complexity index is 849. The molecule has 2 rings (SSSR count). The van der Waals surface area contributed by atoms with Crippen molar-refractivity contribution >= 4 is 27.1 Å². The van der Waals surface area contributed by atoms with E-state index >= 15 is 0 Å². The van der Waals surface area contributed by atoms with Crippen LogP contribution in [0.5, 0.6) is 5.75 Å². The molecule has 0 fully saturated rings. The summed E-state index contributed by atoms with van der Waals surface area (Å²) in [5, 5.41) is 11.5. The first kappa shape index (κ1) is 17.8. The van der Waals surface area contributed by atoms with Crippen molar-refractivity contribution in [2.24, 2.45) is 0 Å². The van der Waals surface area contributed by atoms with Crippen LogP contribution in [-0.4, -0.2) is 38.9 Å². The summed E-state index contributed by atoms with van der Waals surface area (Å²) in [5.74, 6) is -0.533. The number of nitrogens with two attached hydrogens (primary N) is 1. The first-order chi connectivity index (χ1) is 11.4. The molecule has 0 atom stereocenters. The molecule has 0 unspecified atom stereocenters. The third-order valence-corrected chi connectivity index (χ3v) is 4.98. The molecule has 0 saturated carbocycles. The topological polar surface area (TPSA) is 119 Å². The molecule has 1 amide bonds. The minimum Gasteiger partial charge on any atom is -0.495 e. The molecule has 0 aliphatic rings. The van der Waals surface area contributed by atoms with Crippen molar-refractivity contribution in [2.45, 2.75) is 4.90 Å². The lowest BCUT2D eigenvalue weighted by Gasteiger charge is -2.12. The Labute approximate surface area is 140 Å². The van der Waals surface area contributed by atoms with E-state index in [0.29, 0.717) is 17.0 Å². The average molecular weight is 350 g/mol. The van der Waals surface area contributed by atoms with Crippen molar-refractivity contribution in [3.05, 3.63) is 48.0 Å². The number of aliphatic hydroxyl groups is 1. The standard InChI is InChI=1S/C16H18N2O5S/c1-23-15-6-5-13(24(21,22)8-7-19)10-14(15)18-16(20)11-3-2-4-12(17)9-11/h2-6,9-10,19H,7-8,17H2,1H3,(H,18,20). The summed E-state index contributed by atoms with van der Waals surface area (Å²) in [6.45, 7) is -0.487. The highest BCUT2D eigenvalue weighted by Gasteiger charge is 2.17. The number of nitrogens with one attached hydrogen (secondary N) is 1. The summed E-state index contributed by atoms with van der Waals surface area (Å²) in [4.78, 5) is 12.3. The third-order valence-electron chi connectivity index (χ3n) is 3.29. The molecule has 7 nitrogen and oxygen atoms in total. The number of methoxy groups -OCH3 is 1. The van der Waals surface area contributed by atoms with Crippen molar-refractivity contribution in [1.82, 2.24) is 0 Å². The van der Waals surface area contributed by atoms with Crippen LogP contribution in [0, 0.1) is 0 Å². The van der Waals surface area contributed by atoms with E-state index in [0.717, 1.165) is 0 Å². The van der Waals surface area contributed by atoms with Crippen LogP contribution in [0.25, 0.3) is 0 Å². The number of nitrogen functional groups attached to an aromatic ring is 1. The number of aliphatic hydroxyl groups excluding tert-OH is 1. The fourth-order valence-electron chi connectivity index (χ4n) is 2.09. The van der Waals surface area contributed by atoms with E-state index in [1.807, 2.05) is 0 Å². The van der Waals surface area contributed by atoms with E-state index in [1.54, 1.807) is 18.2 Å². The van der Waals surface area contributed by atoms with Gasteiger partial charge in [0.2, 0.25) is 0 Å². The molecule has 128 valence electrons. The summed E-state index contributed by atoms with van der Waals surface area (Å²) in [6, 6.07) is 10.5. The number of hydrogen-bond donors (Lipinski definition) is 3. The number of sulfone groups is 1. The van der Waals surface area contributed by atoms with E-state index in [4.69, 9.17) is 15.6 Å². The molecule has 0 aliphatic heterocycles. The van der Waals surface area contributed by atoms with Crippen molar-refractivity contribution in [2.75, 3.05) is 30.5 Å². The maximum Gasteiger partial charge on any atom is 0.255 e. The van der Waals surface area contributed by atoms with Gasteiger partial charge >= 0.3 is 0 Å². The van der Waals surface area contributed by atoms with Crippen molar-refractivity contribution < 1.29 is 23.1 Å². The lowest BCUT2D eigenvalue weighted by atomic mass is 10.2. The van der Waals surface area contributed by atoms with Crippen LogP contribution in [0.4, 0.5) is 11.4 Å². The molecular weight excluding hydrogens is 332 g/mol. The average Bonchev–Trinajstić information content (AvgIpc) is 2.54. The minimum atomic E-state index is -3.64. The Kier molecular flexibility index (Phi) is 5.42. The molecule has 2 aromatic carbocycles. The van der Waals surface area contributed by atoms with Gasteiger partial charge < -0.3 is 20.9 Å². The number of amides is 1. The molecule has 2 aromatic rings. The van der Waals surface area contributed by atoms with Crippen LogP contribution in [0.1, 0.15) is 10.4 Å². The summed E-state index contributed by atoms with van der Waals surface area (Å²) < 4.78 is 29.3. The SMILES string of the molecule is COc1ccc(S(=O)(=O)CCO)cc1NC(=O)c1cccc(N)c1. The molecular formula is C16H18N2O5S. The Morgan fingerprint density at radius 3 is 2.62 bits per heavy atom. The number of rotatable bonds is 6. The summed E-state index contributed by atoms with van der Waals surface area (Å²) in [7, 11) is -2.23. The number of benzene rings is 2.